The Bertz CT molecular complexity index is 258. The van der Waals surface area contributed by atoms with Crippen molar-refractivity contribution >= 4 is 5.91 Å². The molecule has 1 aliphatic carbocycles. The fourth-order valence-electron chi connectivity index (χ4n) is 2.98. The number of amides is 1. The third kappa shape index (κ3) is 3.19. The van der Waals surface area contributed by atoms with Gasteiger partial charge in [-0.25, -0.2) is 0 Å². The molecule has 17 heavy (non-hydrogen) atoms. The number of rotatable bonds is 5. The van der Waals surface area contributed by atoms with Gasteiger partial charge in [-0.3, -0.25) is 4.79 Å². The normalized spacial score (nSPS) is 28.2. The second kappa shape index (κ2) is 6.36. The molecule has 98 valence electrons. The van der Waals surface area contributed by atoms with Gasteiger partial charge in [-0.1, -0.05) is 6.42 Å². The Kier molecular flexibility index (Phi) is 4.80. The van der Waals surface area contributed by atoms with Crippen molar-refractivity contribution in [3.63, 3.8) is 0 Å². The summed E-state index contributed by atoms with van der Waals surface area (Å²) in [4.78, 5) is 14.2. The first-order chi connectivity index (χ1) is 8.33. The largest absolute Gasteiger partial charge is 0.374 e. The van der Waals surface area contributed by atoms with Crippen LogP contribution in [0.1, 0.15) is 44.9 Å². The van der Waals surface area contributed by atoms with Crippen LogP contribution in [0.15, 0.2) is 0 Å². The third-order valence-corrected chi connectivity index (χ3v) is 3.90. The average molecular weight is 240 g/mol. The highest BCUT2D eigenvalue weighted by Crippen LogP contribution is 2.30. The molecule has 1 saturated heterocycles. The molecule has 2 aliphatic rings. The van der Waals surface area contributed by atoms with Gasteiger partial charge in [0.25, 0.3) is 0 Å². The second-order valence-electron chi connectivity index (χ2n) is 5.09. The maximum Gasteiger partial charge on any atom is 0.222 e. The quantitative estimate of drug-likeness (QED) is 0.737. The summed E-state index contributed by atoms with van der Waals surface area (Å²) in [6, 6.07) is 0.366. The minimum absolute atomic E-state index is 0.316. The Labute approximate surface area is 103 Å². The van der Waals surface area contributed by atoms with Crippen LogP contribution < -0.4 is 5.73 Å². The van der Waals surface area contributed by atoms with Crippen molar-refractivity contribution in [2.24, 2.45) is 5.73 Å². The molecular formula is C13H24N2O2. The zero-order valence-electron chi connectivity index (χ0n) is 10.6. The number of fused-ring (bicyclic) bond motifs is 1. The molecule has 0 bridgehead atoms. The van der Waals surface area contributed by atoms with E-state index in [1.165, 1.54) is 6.42 Å². The molecule has 2 rings (SSSR count). The van der Waals surface area contributed by atoms with Gasteiger partial charge in [0.15, 0.2) is 0 Å². The topological polar surface area (TPSA) is 55.6 Å². The van der Waals surface area contributed by atoms with Gasteiger partial charge in [-0.2, -0.15) is 0 Å². The molecule has 2 atom stereocenters. The minimum Gasteiger partial charge on any atom is -0.374 e. The first-order valence-electron chi connectivity index (χ1n) is 6.94. The zero-order valence-corrected chi connectivity index (χ0v) is 10.6. The molecule has 1 heterocycles. The predicted octanol–water partition coefficient (Wildman–Crippen LogP) is 1.29. The molecule has 1 saturated carbocycles. The van der Waals surface area contributed by atoms with Crippen LogP contribution in [0, 0.1) is 0 Å². The maximum absolute atomic E-state index is 12.1. The van der Waals surface area contributed by atoms with Crippen LogP contribution in [0.25, 0.3) is 0 Å². The summed E-state index contributed by atoms with van der Waals surface area (Å²) in [5, 5.41) is 0. The van der Waals surface area contributed by atoms with Gasteiger partial charge in [0, 0.05) is 13.0 Å². The Morgan fingerprint density at radius 3 is 3.00 bits per heavy atom. The van der Waals surface area contributed by atoms with E-state index in [4.69, 9.17) is 10.5 Å². The molecule has 2 fully saturated rings. The van der Waals surface area contributed by atoms with Crippen LogP contribution in [0.4, 0.5) is 0 Å². The van der Waals surface area contributed by atoms with E-state index in [0.29, 0.717) is 24.5 Å². The number of ether oxygens (including phenoxy) is 1. The van der Waals surface area contributed by atoms with Gasteiger partial charge in [0.2, 0.25) is 5.91 Å². The summed E-state index contributed by atoms with van der Waals surface area (Å²) in [5.74, 6) is 0.322. The molecule has 1 amide bonds. The summed E-state index contributed by atoms with van der Waals surface area (Å²) >= 11 is 0. The van der Waals surface area contributed by atoms with E-state index in [0.717, 1.165) is 51.8 Å². The number of hydrogen-bond donors (Lipinski definition) is 1. The lowest BCUT2D eigenvalue weighted by Crippen LogP contribution is -2.51. The van der Waals surface area contributed by atoms with E-state index >= 15 is 0 Å². The van der Waals surface area contributed by atoms with Crippen LogP contribution in [-0.2, 0) is 9.53 Å². The highest BCUT2D eigenvalue weighted by molar-refractivity contribution is 5.76. The lowest BCUT2D eigenvalue weighted by atomic mass is 10.1. The molecule has 0 aromatic rings. The smallest absolute Gasteiger partial charge is 0.222 e. The Balaban J connectivity index is 1.77. The van der Waals surface area contributed by atoms with Crippen LogP contribution in [-0.4, -0.2) is 42.6 Å². The van der Waals surface area contributed by atoms with Crippen molar-refractivity contribution in [2.75, 3.05) is 19.7 Å². The predicted molar refractivity (Wildman–Crippen MR) is 66.6 cm³/mol. The second-order valence-corrected chi connectivity index (χ2v) is 5.09. The van der Waals surface area contributed by atoms with Gasteiger partial charge in [0.05, 0.1) is 18.8 Å². The SMILES string of the molecule is NCCCCCC(=O)N1CCOC2CCCC21. The minimum atomic E-state index is 0.316. The summed E-state index contributed by atoms with van der Waals surface area (Å²) in [6.45, 7) is 2.24. The molecular weight excluding hydrogens is 216 g/mol. The number of hydrogen-bond acceptors (Lipinski definition) is 3. The van der Waals surface area contributed by atoms with Gasteiger partial charge < -0.3 is 15.4 Å². The first-order valence-corrected chi connectivity index (χ1v) is 6.94. The van der Waals surface area contributed by atoms with Crippen molar-refractivity contribution in [3.05, 3.63) is 0 Å². The molecule has 0 spiro atoms. The first kappa shape index (κ1) is 12.8. The van der Waals surface area contributed by atoms with Gasteiger partial charge in [0.1, 0.15) is 0 Å². The molecule has 2 unspecified atom stereocenters. The van der Waals surface area contributed by atoms with E-state index in [1.54, 1.807) is 0 Å². The summed E-state index contributed by atoms with van der Waals surface area (Å²) in [6.07, 6.45) is 7.53. The van der Waals surface area contributed by atoms with Crippen molar-refractivity contribution < 1.29 is 9.53 Å². The van der Waals surface area contributed by atoms with Crippen molar-refractivity contribution in [1.82, 2.24) is 4.90 Å². The molecule has 0 aromatic heterocycles. The highest BCUT2D eigenvalue weighted by atomic mass is 16.5. The van der Waals surface area contributed by atoms with E-state index in [2.05, 4.69) is 4.90 Å². The van der Waals surface area contributed by atoms with Crippen LogP contribution in [0.3, 0.4) is 0 Å². The molecule has 4 nitrogen and oxygen atoms in total. The number of morpholine rings is 1. The summed E-state index contributed by atoms with van der Waals surface area (Å²) < 4.78 is 5.71. The Morgan fingerprint density at radius 2 is 2.18 bits per heavy atom. The average Bonchev–Trinajstić information content (AvgIpc) is 2.82. The standard InChI is InChI=1S/C13H24N2O2/c14-8-3-1-2-7-13(16)15-9-10-17-12-6-4-5-11(12)15/h11-12H,1-10,14H2. The lowest BCUT2D eigenvalue weighted by molar-refractivity contribution is -0.144. The number of carbonyl (C=O) groups is 1. The number of nitrogens with zero attached hydrogens (tertiary/aromatic N) is 1. The fourth-order valence-corrected chi connectivity index (χ4v) is 2.98. The van der Waals surface area contributed by atoms with Crippen LogP contribution >= 0.6 is 0 Å². The van der Waals surface area contributed by atoms with Gasteiger partial charge in [-0.15, -0.1) is 0 Å². The van der Waals surface area contributed by atoms with Crippen molar-refractivity contribution in [3.8, 4) is 0 Å². The molecule has 0 aromatic carbocycles. The van der Waals surface area contributed by atoms with Crippen LogP contribution in [0.5, 0.6) is 0 Å². The summed E-state index contributed by atoms with van der Waals surface area (Å²) in [7, 11) is 0. The number of unbranched alkanes of at least 4 members (excludes halogenated alkanes) is 2. The fraction of sp³-hybridized carbons (Fsp3) is 0.923. The molecule has 1 aliphatic heterocycles. The van der Waals surface area contributed by atoms with Crippen molar-refractivity contribution in [2.45, 2.75) is 57.1 Å². The third-order valence-electron chi connectivity index (χ3n) is 3.90. The van der Waals surface area contributed by atoms with E-state index in [9.17, 15) is 4.79 Å². The molecule has 0 radical (unpaired) electrons. The zero-order chi connectivity index (χ0) is 12.1. The highest BCUT2D eigenvalue weighted by Gasteiger charge is 2.37. The van der Waals surface area contributed by atoms with Crippen LogP contribution in [0.2, 0.25) is 0 Å². The Morgan fingerprint density at radius 1 is 1.29 bits per heavy atom. The maximum atomic E-state index is 12.1. The Hall–Kier alpha value is -0.610. The lowest BCUT2D eigenvalue weighted by Gasteiger charge is -2.37. The van der Waals surface area contributed by atoms with Gasteiger partial charge in [-0.05, 0) is 38.6 Å². The van der Waals surface area contributed by atoms with Gasteiger partial charge >= 0.3 is 0 Å². The summed E-state index contributed by atoms with van der Waals surface area (Å²) in [5.41, 5.74) is 5.45. The van der Waals surface area contributed by atoms with E-state index in [1.807, 2.05) is 0 Å². The molecule has 4 heteroatoms. The number of carbonyl (C=O) groups excluding carboxylic acids is 1. The number of nitrogens with two attached hydrogens (primary N) is 1. The van der Waals surface area contributed by atoms with Crippen molar-refractivity contribution in [1.29, 1.82) is 0 Å². The van der Waals surface area contributed by atoms with E-state index < -0.39 is 0 Å². The van der Waals surface area contributed by atoms with E-state index in [-0.39, 0.29) is 0 Å². The monoisotopic (exact) mass is 240 g/mol. The molecule has 2 N–H and O–H groups in total.